The lowest BCUT2D eigenvalue weighted by Crippen LogP contribution is -2.00. The number of carbonyl (C=O) groups is 1. The van der Waals surface area contributed by atoms with Crippen LogP contribution in [0.2, 0.25) is 0 Å². The molecule has 1 heterocycles. The zero-order chi connectivity index (χ0) is 9.97. The van der Waals surface area contributed by atoms with Gasteiger partial charge in [-0.3, -0.25) is 9.78 Å². The summed E-state index contributed by atoms with van der Waals surface area (Å²) in [5, 5.41) is 8.76. The third-order valence-corrected chi connectivity index (χ3v) is 1.95. The molecule has 2 rings (SSSR count). The van der Waals surface area contributed by atoms with Crippen LogP contribution in [0.15, 0.2) is 12.3 Å². The van der Waals surface area contributed by atoms with Crippen molar-refractivity contribution in [3.8, 4) is 11.8 Å². The molecule has 1 aliphatic carbocycles. The zero-order valence-electron chi connectivity index (χ0n) is 7.43. The second kappa shape index (κ2) is 3.46. The summed E-state index contributed by atoms with van der Waals surface area (Å²) in [6.07, 6.45) is 4.25. The van der Waals surface area contributed by atoms with Crippen molar-refractivity contribution in [3.63, 3.8) is 0 Å². The fraction of sp³-hybridized carbons (Fsp3) is 0.300. The van der Waals surface area contributed by atoms with E-state index in [0.29, 0.717) is 23.3 Å². The number of rotatable bonds is 3. The minimum Gasteiger partial charge on any atom is -0.489 e. The molecule has 0 saturated heterocycles. The minimum absolute atomic E-state index is 0.212. The van der Waals surface area contributed by atoms with Crippen molar-refractivity contribution in [1.29, 1.82) is 5.26 Å². The second-order valence-electron chi connectivity index (χ2n) is 3.15. The Morgan fingerprint density at radius 1 is 1.64 bits per heavy atom. The molecule has 1 fully saturated rings. The summed E-state index contributed by atoms with van der Waals surface area (Å²) in [5.41, 5.74) is 0.669. The molecule has 1 aromatic rings. The summed E-state index contributed by atoms with van der Waals surface area (Å²) in [4.78, 5) is 14.2. The van der Waals surface area contributed by atoms with Crippen LogP contribution >= 0.6 is 0 Å². The van der Waals surface area contributed by atoms with Gasteiger partial charge < -0.3 is 4.74 Å². The van der Waals surface area contributed by atoms with Crippen molar-refractivity contribution in [2.75, 3.05) is 0 Å². The van der Waals surface area contributed by atoms with Crippen molar-refractivity contribution in [2.45, 2.75) is 18.9 Å². The average Bonchev–Trinajstić information content (AvgIpc) is 3.01. The van der Waals surface area contributed by atoms with Gasteiger partial charge in [-0.05, 0) is 12.8 Å². The Morgan fingerprint density at radius 2 is 2.43 bits per heavy atom. The van der Waals surface area contributed by atoms with E-state index in [0.717, 1.165) is 12.8 Å². The van der Waals surface area contributed by atoms with Gasteiger partial charge >= 0.3 is 0 Å². The molecule has 1 saturated carbocycles. The van der Waals surface area contributed by atoms with Gasteiger partial charge in [-0.15, -0.1) is 0 Å². The van der Waals surface area contributed by atoms with Crippen LogP contribution in [0.5, 0.6) is 5.75 Å². The first-order chi connectivity index (χ1) is 6.83. The van der Waals surface area contributed by atoms with E-state index in [-0.39, 0.29) is 6.10 Å². The van der Waals surface area contributed by atoms with Gasteiger partial charge in [0.25, 0.3) is 0 Å². The molecule has 4 nitrogen and oxygen atoms in total. The number of aldehydes is 1. The summed E-state index contributed by atoms with van der Waals surface area (Å²) in [7, 11) is 0. The number of carbonyl (C=O) groups excluding carboxylic acids is 1. The van der Waals surface area contributed by atoms with Crippen molar-refractivity contribution in [2.24, 2.45) is 0 Å². The Morgan fingerprint density at radius 3 is 3.00 bits per heavy atom. The van der Waals surface area contributed by atoms with E-state index < -0.39 is 0 Å². The van der Waals surface area contributed by atoms with Gasteiger partial charge in [0.2, 0.25) is 0 Å². The number of nitrogens with zero attached hydrogens (tertiary/aromatic N) is 2. The normalized spacial score (nSPS) is 14.5. The molecule has 0 unspecified atom stereocenters. The van der Waals surface area contributed by atoms with Crippen molar-refractivity contribution in [3.05, 3.63) is 23.5 Å². The summed E-state index contributed by atoms with van der Waals surface area (Å²) in [6, 6.07) is 3.48. The van der Waals surface area contributed by atoms with E-state index in [2.05, 4.69) is 4.98 Å². The molecule has 4 heteroatoms. The lowest BCUT2D eigenvalue weighted by Gasteiger charge is -2.05. The second-order valence-corrected chi connectivity index (χ2v) is 3.15. The van der Waals surface area contributed by atoms with Crippen molar-refractivity contribution < 1.29 is 9.53 Å². The number of ether oxygens (including phenoxy) is 1. The minimum atomic E-state index is 0.212. The van der Waals surface area contributed by atoms with Gasteiger partial charge in [-0.25, -0.2) is 0 Å². The van der Waals surface area contributed by atoms with Crippen LogP contribution in [0.4, 0.5) is 0 Å². The van der Waals surface area contributed by atoms with E-state index in [1.54, 1.807) is 0 Å². The van der Waals surface area contributed by atoms with E-state index in [9.17, 15) is 4.79 Å². The molecule has 0 aliphatic heterocycles. The highest BCUT2D eigenvalue weighted by atomic mass is 16.5. The highest BCUT2D eigenvalue weighted by Crippen LogP contribution is 2.28. The largest absolute Gasteiger partial charge is 0.489 e. The Hall–Kier alpha value is -1.89. The van der Waals surface area contributed by atoms with E-state index >= 15 is 0 Å². The first-order valence-electron chi connectivity index (χ1n) is 4.35. The quantitative estimate of drug-likeness (QED) is 0.671. The van der Waals surface area contributed by atoms with Crippen LogP contribution < -0.4 is 4.74 Å². The molecular formula is C10H8N2O2. The topological polar surface area (TPSA) is 63.0 Å². The predicted molar refractivity (Wildman–Crippen MR) is 48.0 cm³/mol. The molecule has 0 spiro atoms. The van der Waals surface area contributed by atoms with Gasteiger partial charge in [0.05, 0.1) is 6.10 Å². The predicted octanol–water partition coefficient (Wildman–Crippen LogP) is 1.31. The van der Waals surface area contributed by atoms with Crippen LogP contribution in [-0.2, 0) is 0 Å². The third kappa shape index (κ3) is 1.72. The lowest BCUT2D eigenvalue weighted by atomic mass is 10.2. The standard InChI is InChI=1S/C10H8N2O2/c11-4-7-5-12-8(6-13)3-10(7)14-9-1-2-9/h3,5-6,9H,1-2H2. The lowest BCUT2D eigenvalue weighted by molar-refractivity contribution is 0.111. The Labute approximate surface area is 81.1 Å². The van der Waals surface area contributed by atoms with Crippen LogP contribution in [0.25, 0.3) is 0 Å². The first kappa shape index (κ1) is 8.70. The number of hydrogen-bond donors (Lipinski definition) is 0. The Balaban J connectivity index is 2.31. The third-order valence-electron chi connectivity index (χ3n) is 1.95. The van der Waals surface area contributed by atoms with Crippen LogP contribution in [0.3, 0.4) is 0 Å². The fourth-order valence-electron chi connectivity index (χ4n) is 1.06. The number of pyridine rings is 1. The summed E-state index contributed by atoms with van der Waals surface area (Å²) >= 11 is 0. The Kier molecular flexibility index (Phi) is 2.15. The zero-order valence-corrected chi connectivity index (χ0v) is 7.43. The number of hydrogen-bond acceptors (Lipinski definition) is 4. The number of nitriles is 1. The monoisotopic (exact) mass is 188 g/mol. The van der Waals surface area contributed by atoms with Crippen molar-refractivity contribution >= 4 is 6.29 Å². The summed E-state index contributed by atoms with van der Waals surface area (Å²) in [6.45, 7) is 0. The Bertz CT molecular complexity index is 405. The molecule has 0 atom stereocenters. The van der Waals surface area contributed by atoms with Gasteiger partial charge in [-0.1, -0.05) is 0 Å². The molecule has 14 heavy (non-hydrogen) atoms. The fourth-order valence-corrected chi connectivity index (χ4v) is 1.06. The SMILES string of the molecule is N#Cc1cnc(C=O)cc1OC1CC1. The molecular weight excluding hydrogens is 180 g/mol. The maximum Gasteiger partial charge on any atom is 0.168 e. The van der Waals surface area contributed by atoms with Crippen molar-refractivity contribution in [1.82, 2.24) is 4.98 Å². The van der Waals surface area contributed by atoms with E-state index in [4.69, 9.17) is 10.00 Å². The average molecular weight is 188 g/mol. The van der Waals surface area contributed by atoms with Crippen LogP contribution in [-0.4, -0.2) is 17.4 Å². The van der Waals surface area contributed by atoms with Crippen LogP contribution in [0.1, 0.15) is 28.9 Å². The van der Waals surface area contributed by atoms with Gasteiger partial charge in [0, 0.05) is 12.3 Å². The van der Waals surface area contributed by atoms with E-state index in [1.807, 2.05) is 6.07 Å². The molecule has 0 bridgehead atoms. The molecule has 1 aliphatic rings. The van der Waals surface area contributed by atoms with Gasteiger partial charge in [0.15, 0.2) is 6.29 Å². The summed E-state index contributed by atoms with van der Waals surface area (Å²) < 4.78 is 5.47. The number of aromatic nitrogens is 1. The highest BCUT2D eigenvalue weighted by molar-refractivity contribution is 5.73. The molecule has 0 aromatic carbocycles. The van der Waals surface area contributed by atoms with Crippen LogP contribution in [0, 0.1) is 11.3 Å². The summed E-state index contributed by atoms with van der Waals surface area (Å²) in [5.74, 6) is 0.465. The maximum atomic E-state index is 10.5. The first-order valence-corrected chi connectivity index (χ1v) is 4.35. The highest BCUT2D eigenvalue weighted by Gasteiger charge is 2.24. The molecule has 0 radical (unpaired) electrons. The molecule has 0 N–H and O–H groups in total. The van der Waals surface area contributed by atoms with E-state index in [1.165, 1.54) is 12.3 Å². The maximum absolute atomic E-state index is 10.5. The molecule has 1 aromatic heterocycles. The molecule has 70 valence electrons. The van der Waals surface area contributed by atoms with Gasteiger partial charge in [-0.2, -0.15) is 5.26 Å². The molecule has 0 amide bonds. The smallest absolute Gasteiger partial charge is 0.168 e. The van der Waals surface area contributed by atoms with Gasteiger partial charge in [0.1, 0.15) is 23.1 Å².